The number of likely N-dealkylation sites (tertiary alicyclic amines) is 1. The minimum atomic E-state index is -6.11. The fourth-order valence-corrected chi connectivity index (χ4v) is 2.13. The quantitative estimate of drug-likeness (QED) is 0.732. The number of carboxylic acids is 1. The molecule has 2 N–H and O–H groups in total. The third-order valence-corrected chi connectivity index (χ3v) is 3.33. The molecule has 7 nitrogen and oxygen atoms in total. The Morgan fingerprint density at radius 3 is 2.04 bits per heavy atom. The summed E-state index contributed by atoms with van der Waals surface area (Å²) in [6.07, 6.45) is -7.87. The normalized spacial score (nSPS) is 21.8. The maximum atomic E-state index is 13.1. The van der Waals surface area contributed by atoms with Gasteiger partial charge in [-0.1, -0.05) is 0 Å². The van der Waals surface area contributed by atoms with Gasteiger partial charge in [0.15, 0.2) is 5.54 Å². The second-order valence-corrected chi connectivity index (χ2v) is 6.56. The van der Waals surface area contributed by atoms with Crippen LogP contribution in [0.1, 0.15) is 27.2 Å². The largest absolute Gasteiger partial charge is 0.479 e. The lowest BCUT2D eigenvalue weighted by molar-refractivity contribution is -0.274. The van der Waals surface area contributed by atoms with Crippen molar-refractivity contribution in [2.75, 3.05) is 13.1 Å². The highest BCUT2D eigenvalue weighted by Gasteiger charge is 2.66. The van der Waals surface area contributed by atoms with E-state index in [9.17, 15) is 41.4 Å². The summed E-state index contributed by atoms with van der Waals surface area (Å²) in [6.45, 7) is 2.69. The van der Waals surface area contributed by atoms with Crippen LogP contribution in [0.5, 0.6) is 0 Å². The number of aliphatic carboxylic acids is 1. The Bertz CT molecular complexity index is 572. The smallest absolute Gasteiger partial charge is 0.463 e. The summed E-state index contributed by atoms with van der Waals surface area (Å²) in [5.74, 6) is -9.92. The van der Waals surface area contributed by atoms with E-state index in [4.69, 9.17) is 4.74 Å². The molecule has 1 atom stereocenters. The molecule has 0 spiro atoms. The molecule has 1 heterocycles. The number of carboxylic acid groups (broad SMARTS) is 1. The van der Waals surface area contributed by atoms with Crippen LogP contribution < -0.4 is 5.32 Å². The Morgan fingerprint density at radius 1 is 1.12 bits per heavy atom. The predicted octanol–water partition coefficient (Wildman–Crippen LogP) is 1.76. The van der Waals surface area contributed by atoms with Crippen LogP contribution in [-0.2, 0) is 14.3 Å². The number of nitrogens with one attached hydrogen (secondary N) is 1. The molecule has 0 aromatic carbocycles. The van der Waals surface area contributed by atoms with Crippen LogP contribution in [0.3, 0.4) is 0 Å². The van der Waals surface area contributed by atoms with Gasteiger partial charge in [-0.2, -0.15) is 22.0 Å². The molecule has 0 radical (unpaired) electrons. The standard InChI is InChI=1S/C13H17F5N2O5/c1-10(2,3)25-9(24)19-11(8(22)23)4-5-20(6-11)7(21)12(14,15)13(16,17)18/h4-6H2,1-3H3,(H,19,24)(H,22,23). The maximum absolute atomic E-state index is 13.1. The summed E-state index contributed by atoms with van der Waals surface area (Å²) in [6, 6.07) is 0. The average molecular weight is 376 g/mol. The number of nitrogens with zero attached hydrogens (tertiary/aromatic N) is 1. The van der Waals surface area contributed by atoms with Gasteiger partial charge in [0.1, 0.15) is 5.60 Å². The summed E-state index contributed by atoms with van der Waals surface area (Å²) in [5.41, 5.74) is -3.22. The van der Waals surface area contributed by atoms with Crippen LogP contribution >= 0.6 is 0 Å². The van der Waals surface area contributed by atoms with Gasteiger partial charge < -0.3 is 20.1 Å². The number of ether oxygens (including phenoxy) is 1. The van der Waals surface area contributed by atoms with Gasteiger partial charge in [0.25, 0.3) is 0 Å². The van der Waals surface area contributed by atoms with Crippen LogP contribution in [0.15, 0.2) is 0 Å². The lowest BCUT2D eigenvalue weighted by Gasteiger charge is -2.29. The van der Waals surface area contributed by atoms with Gasteiger partial charge in [-0.25, -0.2) is 9.59 Å². The average Bonchev–Trinajstić information content (AvgIpc) is 2.79. The predicted molar refractivity (Wildman–Crippen MR) is 71.9 cm³/mol. The second-order valence-electron chi connectivity index (χ2n) is 6.56. The fraction of sp³-hybridized carbons (Fsp3) is 0.769. The number of carbonyl (C=O) groups is 3. The van der Waals surface area contributed by atoms with Crippen molar-refractivity contribution in [3.8, 4) is 0 Å². The molecular formula is C13H17F5N2O5. The van der Waals surface area contributed by atoms with Gasteiger partial charge in [0.05, 0.1) is 6.54 Å². The zero-order valence-electron chi connectivity index (χ0n) is 13.5. The van der Waals surface area contributed by atoms with Crippen LogP contribution in [0.25, 0.3) is 0 Å². The van der Waals surface area contributed by atoms with Crippen molar-refractivity contribution < 1.29 is 46.2 Å². The van der Waals surface area contributed by atoms with E-state index in [1.54, 1.807) is 0 Å². The second kappa shape index (κ2) is 6.30. The van der Waals surface area contributed by atoms with Crippen molar-refractivity contribution in [2.45, 2.75) is 50.4 Å². The molecule has 1 saturated heterocycles. The lowest BCUT2D eigenvalue weighted by Crippen LogP contribution is -2.59. The van der Waals surface area contributed by atoms with Gasteiger partial charge in [0, 0.05) is 13.0 Å². The van der Waals surface area contributed by atoms with Gasteiger partial charge in [-0.15, -0.1) is 0 Å². The maximum Gasteiger partial charge on any atom is 0.463 e. The van der Waals surface area contributed by atoms with E-state index in [0.717, 1.165) is 0 Å². The molecule has 1 aliphatic heterocycles. The number of rotatable bonds is 3. The lowest BCUT2D eigenvalue weighted by atomic mass is 9.99. The van der Waals surface area contributed by atoms with Crippen LogP contribution in [-0.4, -0.2) is 64.3 Å². The molecule has 2 amide bonds. The monoisotopic (exact) mass is 376 g/mol. The molecule has 1 aliphatic rings. The third-order valence-electron chi connectivity index (χ3n) is 3.33. The van der Waals surface area contributed by atoms with E-state index in [0.29, 0.717) is 0 Å². The van der Waals surface area contributed by atoms with Crippen molar-refractivity contribution in [1.29, 1.82) is 0 Å². The Morgan fingerprint density at radius 2 is 1.64 bits per heavy atom. The molecule has 12 heteroatoms. The third kappa shape index (κ3) is 4.48. The SMILES string of the molecule is CC(C)(C)OC(=O)NC1(C(=O)O)CCN(C(=O)C(F)(F)C(F)(F)F)C1. The van der Waals surface area contributed by atoms with Crippen molar-refractivity contribution in [3.63, 3.8) is 0 Å². The van der Waals surface area contributed by atoms with Crippen LogP contribution in [0.4, 0.5) is 26.7 Å². The molecule has 1 fully saturated rings. The minimum absolute atomic E-state index is 0.0545. The molecule has 25 heavy (non-hydrogen) atoms. The first-order valence-corrected chi connectivity index (χ1v) is 7.00. The Hall–Kier alpha value is -2.14. The van der Waals surface area contributed by atoms with E-state index in [1.165, 1.54) is 20.8 Å². The number of amides is 2. The zero-order valence-corrected chi connectivity index (χ0v) is 13.5. The number of hydrogen-bond acceptors (Lipinski definition) is 4. The molecule has 1 unspecified atom stereocenters. The summed E-state index contributed by atoms with van der Waals surface area (Å²) >= 11 is 0. The number of halogens is 5. The van der Waals surface area contributed by atoms with E-state index >= 15 is 0 Å². The fourth-order valence-electron chi connectivity index (χ4n) is 2.13. The Labute approximate surface area is 139 Å². The molecule has 0 saturated carbocycles. The van der Waals surface area contributed by atoms with Crippen molar-refractivity contribution >= 4 is 18.0 Å². The first-order chi connectivity index (χ1) is 11.0. The first-order valence-electron chi connectivity index (χ1n) is 7.00. The van der Waals surface area contributed by atoms with Crippen molar-refractivity contribution in [1.82, 2.24) is 10.2 Å². The van der Waals surface area contributed by atoms with Crippen LogP contribution in [0, 0.1) is 0 Å². The summed E-state index contributed by atoms with van der Waals surface area (Å²) < 4.78 is 68.0. The molecule has 0 aromatic rings. The highest BCUT2D eigenvalue weighted by Crippen LogP contribution is 2.38. The van der Waals surface area contributed by atoms with Crippen LogP contribution in [0.2, 0.25) is 0 Å². The molecule has 0 aromatic heterocycles. The minimum Gasteiger partial charge on any atom is -0.479 e. The first kappa shape index (κ1) is 20.9. The highest BCUT2D eigenvalue weighted by molar-refractivity contribution is 5.89. The molecule has 0 bridgehead atoms. The number of hydrogen-bond donors (Lipinski definition) is 2. The molecule has 0 aliphatic carbocycles. The van der Waals surface area contributed by atoms with E-state index in [2.05, 4.69) is 0 Å². The van der Waals surface area contributed by atoms with E-state index < -0.39 is 60.7 Å². The Kier molecular flexibility index (Phi) is 5.27. The zero-order chi connectivity index (χ0) is 19.8. The molecule has 1 rings (SSSR count). The number of alkyl carbamates (subject to hydrolysis) is 1. The van der Waals surface area contributed by atoms with Crippen molar-refractivity contribution in [3.05, 3.63) is 0 Å². The summed E-state index contributed by atoms with van der Waals surface area (Å²) in [4.78, 5) is 34.7. The Balaban J connectivity index is 2.96. The molecule has 144 valence electrons. The number of alkyl halides is 5. The number of carbonyl (C=O) groups excluding carboxylic acids is 2. The van der Waals surface area contributed by atoms with Gasteiger partial charge >= 0.3 is 30.1 Å². The van der Waals surface area contributed by atoms with E-state index in [-0.39, 0.29) is 4.90 Å². The topological polar surface area (TPSA) is 95.9 Å². The summed E-state index contributed by atoms with van der Waals surface area (Å²) in [7, 11) is 0. The highest BCUT2D eigenvalue weighted by atomic mass is 19.4. The summed E-state index contributed by atoms with van der Waals surface area (Å²) in [5, 5.41) is 11.2. The molecular weight excluding hydrogens is 359 g/mol. The van der Waals surface area contributed by atoms with Gasteiger partial charge in [0.2, 0.25) is 0 Å². The van der Waals surface area contributed by atoms with E-state index in [1.807, 2.05) is 5.32 Å². The van der Waals surface area contributed by atoms with Gasteiger partial charge in [-0.3, -0.25) is 4.79 Å². The van der Waals surface area contributed by atoms with Gasteiger partial charge in [-0.05, 0) is 20.8 Å². The van der Waals surface area contributed by atoms with Crippen molar-refractivity contribution in [2.24, 2.45) is 0 Å².